The van der Waals surface area contributed by atoms with Gasteiger partial charge in [0.1, 0.15) is 5.69 Å². The summed E-state index contributed by atoms with van der Waals surface area (Å²) >= 11 is 0. The number of hydrogen-bond acceptors (Lipinski definition) is 5. The van der Waals surface area contributed by atoms with Gasteiger partial charge in [-0.2, -0.15) is 10.4 Å². The highest BCUT2D eigenvalue weighted by molar-refractivity contribution is 6.15. The topological polar surface area (TPSA) is 117 Å². The summed E-state index contributed by atoms with van der Waals surface area (Å²) in [7, 11) is 0. The Bertz CT molecular complexity index is 1480. The van der Waals surface area contributed by atoms with Gasteiger partial charge in [0, 0.05) is 24.0 Å². The zero-order chi connectivity index (χ0) is 25.2. The Kier molecular flexibility index (Phi) is 6.07. The lowest BCUT2D eigenvalue weighted by Gasteiger charge is -2.28. The Morgan fingerprint density at radius 1 is 1.06 bits per heavy atom. The molecule has 2 heterocycles. The minimum absolute atomic E-state index is 0.0188. The van der Waals surface area contributed by atoms with Gasteiger partial charge in [-0.05, 0) is 53.9 Å². The molecule has 1 aliphatic rings. The number of hydrogen-bond donors (Lipinski definition) is 2. The quantitative estimate of drug-likeness (QED) is 0.444. The zero-order valence-corrected chi connectivity index (χ0v) is 19.7. The molecule has 8 nitrogen and oxygen atoms in total. The molecule has 0 radical (unpaired) electrons. The lowest BCUT2D eigenvalue weighted by molar-refractivity contribution is 0.0947. The molecule has 8 heteroatoms. The second-order valence-corrected chi connectivity index (χ2v) is 8.69. The SMILES string of the molecule is CC(N)c1ccc(-c2ccc(N3CCn4ncc(C(=O)Nc5cccc(C#N)c5)c4C3=O)cc2)cc1. The third kappa shape index (κ3) is 4.35. The fraction of sp³-hybridized carbons (Fsp3) is 0.143. The van der Waals surface area contributed by atoms with E-state index in [1.807, 2.05) is 61.5 Å². The van der Waals surface area contributed by atoms with Crippen molar-refractivity contribution in [3.63, 3.8) is 0 Å². The molecule has 0 aliphatic carbocycles. The van der Waals surface area contributed by atoms with Gasteiger partial charge in [0.2, 0.25) is 0 Å². The van der Waals surface area contributed by atoms with Gasteiger partial charge in [-0.15, -0.1) is 0 Å². The molecule has 0 fully saturated rings. The van der Waals surface area contributed by atoms with Gasteiger partial charge in [0.05, 0.1) is 29.9 Å². The van der Waals surface area contributed by atoms with Crippen LogP contribution in [0.3, 0.4) is 0 Å². The number of nitrogens with one attached hydrogen (secondary N) is 1. The van der Waals surface area contributed by atoms with Crippen molar-refractivity contribution in [2.24, 2.45) is 5.73 Å². The van der Waals surface area contributed by atoms with Crippen LogP contribution in [0.25, 0.3) is 11.1 Å². The molecule has 1 aliphatic heterocycles. The molecule has 1 unspecified atom stereocenters. The van der Waals surface area contributed by atoms with Crippen molar-refractivity contribution in [1.82, 2.24) is 9.78 Å². The van der Waals surface area contributed by atoms with Crippen molar-refractivity contribution >= 4 is 23.2 Å². The molecule has 2 amide bonds. The molecular weight excluding hydrogens is 452 g/mol. The summed E-state index contributed by atoms with van der Waals surface area (Å²) in [5.41, 5.74) is 11.2. The van der Waals surface area contributed by atoms with Crippen LogP contribution in [0.2, 0.25) is 0 Å². The van der Waals surface area contributed by atoms with Crippen molar-refractivity contribution in [2.75, 3.05) is 16.8 Å². The van der Waals surface area contributed by atoms with Gasteiger partial charge < -0.3 is 16.0 Å². The van der Waals surface area contributed by atoms with E-state index in [1.54, 1.807) is 33.8 Å². The number of amides is 2. The maximum absolute atomic E-state index is 13.4. The highest BCUT2D eigenvalue weighted by atomic mass is 16.2. The molecule has 36 heavy (non-hydrogen) atoms. The maximum Gasteiger partial charge on any atom is 0.277 e. The van der Waals surface area contributed by atoms with Crippen LogP contribution in [0.4, 0.5) is 11.4 Å². The van der Waals surface area contributed by atoms with Crippen LogP contribution in [0.1, 0.15) is 44.9 Å². The van der Waals surface area contributed by atoms with Crippen LogP contribution in [0.15, 0.2) is 79.0 Å². The van der Waals surface area contributed by atoms with E-state index < -0.39 is 5.91 Å². The first-order valence-electron chi connectivity index (χ1n) is 11.6. The van der Waals surface area contributed by atoms with E-state index in [1.165, 1.54) is 6.20 Å². The molecule has 1 aromatic heterocycles. The Hall–Kier alpha value is -4.74. The Morgan fingerprint density at radius 2 is 1.75 bits per heavy atom. The van der Waals surface area contributed by atoms with Crippen LogP contribution < -0.4 is 16.0 Å². The number of benzene rings is 3. The number of carbonyl (C=O) groups is 2. The smallest absolute Gasteiger partial charge is 0.277 e. The summed E-state index contributed by atoms with van der Waals surface area (Å²) in [6.45, 7) is 2.87. The van der Waals surface area contributed by atoms with Gasteiger partial charge in [0.25, 0.3) is 11.8 Å². The molecule has 0 spiro atoms. The number of nitrogens with two attached hydrogens (primary N) is 1. The fourth-order valence-electron chi connectivity index (χ4n) is 4.29. The van der Waals surface area contributed by atoms with Gasteiger partial charge in [-0.1, -0.05) is 42.5 Å². The first-order chi connectivity index (χ1) is 17.4. The van der Waals surface area contributed by atoms with Crippen LogP contribution >= 0.6 is 0 Å². The fourth-order valence-corrected chi connectivity index (χ4v) is 4.29. The average molecular weight is 477 g/mol. The van der Waals surface area contributed by atoms with E-state index in [2.05, 4.69) is 10.4 Å². The Balaban J connectivity index is 1.36. The normalized spacial score (nSPS) is 13.6. The summed E-state index contributed by atoms with van der Waals surface area (Å²) in [4.78, 5) is 28.1. The Labute approximate surface area is 208 Å². The van der Waals surface area contributed by atoms with E-state index in [4.69, 9.17) is 11.0 Å². The van der Waals surface area contributed by atoms with Crippen LogP contribution in [-0.2, 0) is 6.54 Å². The zero-order valence-electron chi connectivity index (χ0n) is 19.7. The summed E-state index contributed by atoms with van der Waals surface area (Å²) < 4.78 is 1.56. The summed E-state index contributed by atoms with van der Waals surface area (Å²) in [6.07, 6.45) is 1.41. The van der Waals surface area contributed by atoms with Crippen LogP contribution in [0, 0.1) is 11.3 Å². The lowest BCUT2D eigenvalue weighted by atomic mass is 10.0. The minimum Gasteiger partial charge on any atom is -0.324 e. The monoisotopic (exact) mass is 476 g/mol. The third-order valence-electron chi connectivity index (χ3n) is 6.27. The average Bonchev–Trinajstić information content (AvgIpc) is 3.35. The molecule has 0 saturated carbocycles. The highest BCUT2D eigenvalue weighted by Gasteiger charge is 2.32. The number of nitrogens with zero attached hydrogens (tertiary/aromatic N) is 4. The highest BCUT2D eigenvalue weighted by Crippen LogP contribution is 2.28. The molecule has 3 N–H and O–H groups in total. The van der Waals surface area contributed by atoms with Gasteiger partial charge in [-0.3, -0.25) is 14.3 Å². The van der Waals surface area contributed by atoms with Crippen molar-refractivity contribution in [1.29, 1.82) is 5.26 Å². The molecule has 178 valence electrons. The number of aromatic nitrogens is 2. The summed E-state index contributed by atoms with van der Waals surface area (Å²) in [5.74, 6) is -0.740. The molecule has 0 saturated heterocycles. The van der Waals surface area contributed by atoms with Crippen molar-refractivity contribution < 1.29 is 9.59 Å². The number of anilines is 2. The van der Waals surface area contributed by atoms with E-state index in [9.17, 15) is 9.59 Å². The standard InChI is InChI=1S/C28H24N6O2/c1-18(30)20-5-7-21(8-6-20)22-9-11-24(12-10-22)33-13-14-34-26(28(33)36)25(17-31-34)27(35)32-23-4-2-3-19(15-23)16-29/h2-12,15,17-18H,13-14,30H2,1H3,(H,32,35). The largest absolute Gasteiger partial charge is 0.324 e. The Morgan fingerprint density at radius 3 is 2.42 bits per heavy atom. The first kappa shape index (κ1) is 23.0. The summed E-state index contributed by atoms with van der Waals surface area (Å²) in [6, 6.07) is 24.5. The molecule has 5 rings (SSSR count). The molecule has 3 aromatic carbocycles. The van der Waals surface area contributed by atoms with Gasteiger partial charge in [-0.25, -0.2) is 0 Å². The number of fused-ring (bicyclic) bond motifs is 1. The predicted octanol–water partition coefficient (Wildman–Crippen LogP) is 4.35. The number of rotatable bonds is 5. The van der Waals surface area contributed by atoms with Crippen molar-refractivity contribution in [3.05, 3.63) is 101 Å². The third-order valence-corrected chi connectivity index (χ3v) is 6.27. The maximum atomic E-state index is 13.4. The van der Waals surface area contributed by atoms with Crippen molar-refractivity contribution in [2.45, 2.75) is 19.5 Å². The van der Waals surface area contributed by atoms with Crippen LogP contribution in [-0.4, -0.2) is 28.1 Å². The van der Waals surface area contributed by atoms with E-state index in [-0.39, 0.29) is 23.2 Å². The van der Waals surface area contributed by atoms with Gasteiger partial charge >= 0.3 is 0 Å². The van der Waals surface area contributed by atoms with E-state index >= 15 is 0 Å². The second kappa shape index (κ2) is 9.49. The minimum atomic E-state index is -0.452. The molecule has 1 atom stereocenters. The summed E-state index contributed by atoms with van der Waals surface area (Å²) in [5, 5.41) is 16.1. The molecule has 0 bridgehead atoms. The number of nitriles is 1. The molecular formula is C28H24N6O2. The number of carbonyl (C=O) groups excluding carboxylic acids is 2. The van der Waals surface area contributed by atoms with E-state index in [0.717, 1.165) is 22.4 Å². The van der Waals surface area contributed by atoms with Gasteiger partial charge in [0.15, 0.2) is 0 Å². The second-order valence-electron chi connectivity index (χ2n) is 8.69. The predicted molar refractivity (Wildman–Crippen MR) is 137 cm³/mol. The van der Waals surface area contributed by atoms with Crippen molar-refractivity contribution in [3.8, 4) is 17.2 Å². The molecule has 4 aromatic rings. The lowest BCUT2D eigenvalue weighted by Crippen LogP contribution is -2.41. The first-order valence-corrected chi connectivity index (χ1v) is 11.6. The van der Waals surface area contributed by atoms with E-state index in [0.29, 0.717) is 24.3 Å². The van der Waals surface area contributed by atoms with Crippen LogP contribution in [0.5, 0.6) is 0 Å².